The van der Waals surface area contributed by atoms with Crippen molar-refractivity contribution in [2.75, 3.05) is 6.54 Å². The van der Waals surface area contributed by atoms with Crippen LogP contribution >= 0.6 is 22.9 Å². The largest absolute Gasteiger partial charge is 0.352 e. The Morgan fingerprint density at radius 1 is 1.69 bits per heavy atom. The third kappa shape index (κ3) is 3.61. The van der Waals surface area contributed by atoms with Gasteiger partial charge in [0.15, 0.2) is 0 Å². The summed E-state index contributed by atoms with van der Waals surface area (Å²) in [6, 6.07) is 3.82. The number of carbonyl (C=O) groups is 1. The molecule has 1 aromatic rings. The lowest BCUT2D eigenvalue weighted by molar-refractivity contribution is -0.116. The van der Waals surface area contributed by atoms with Crippen molar-refractivity contribution in [3.8, 4) is 0 Å². The number of carbonyl (C=O) groups excluding carboxylic acids is 1. The molecule has 70 valence electrons. The lowest BCUT2D eigenvalue weighted by Gasteiger charge is -1.98. The Morgan fingerprint density at radius 2 is 2.46 bits per heavy atom. The van der Waals surface area contributed by atoms with Gasteiger partial charge in [0.1, 0.15) is 0 Å². The lowest BCUT2D eigenvalue weighted by atomic mass is 10.3. The van der Waals surface area contributed by atoms with E-state index in [1.165, 1.54) is 22.3 Å². The predicted octanol–water partition coefficient (Wildman–Crippen LogP) is 2.25. The van der Waals surface area contributed by atoms with Crippen molar-refractivity contribution >= 4 is 28.8 Å². The van der Waals surface area contributed by atoms with E-state index < -0.39 is 0 Å². The fourth-order valence-corrected chi connectivity index (χ4v) is 1.95. The quantitative estimate of drug-likeness (QED) is 0.767. The molecule has 4 heteroatoms. The predicted molar refractivity (Wildman–Crippen MR) is 56.2 cm³/mol. The third-order valence-corrected chi connectivity index (χ3v) is 2.78. The van der Waals surface area contributed by atoms with Crippen molar-refractivity contribution in [2.45, 2.75) is 6.42 Å². The van der Waals surface area contributed by atoms with Crippen LogP contribution in [0.4, 0.5) is 0 Å². The van der Waals surface area contributed by atoms with Gasteiger partial charge in [0.05, 0.1) is 4.34 Å². The molecule has 0 saturated carbocycles. The van der Waals surface area contributed by atoms with Crippen LogP contribution in [0.5, 0.6) is 0 Å². The summed E-state index contributed by atoms with van der Waals surface area (Å²) in [4.78, 5) is 11.9. The van der Waals surface area contributed by atoms with Crippen molar-refractivity contribution in [3.63, 3.8) is 0 Å². The van der Waals surface area contributed by atoms with Gasteiger partial charge < -0.3 is 5.32 Å². The van der Waals surface area contributed by atoms with Crippen LogP contribution in [0.3, 0.4) is 0 Å². The first kappa shape index (κ1) is 10.3. The molecule has 1 N–H and O–H groups in total. The van der Waals surface area contributed by atoms with Crippen molar-refractivity contribution in [1.29, 1.82) is 0 Å². The zero-order chi connectivity index (χ0) is 9.68. The first-order valence-electron chi connectivity index (χ1n) is 3.87. The number of thiophene rings is 1. The summed E-state index contributed by atoms with van der Waals surface area (Å²) in [6.45, 7) is 3.99. The molecule has 0 spiro atoms. The highest BCUT2D eigenvalue weighted by atomic mass is 35.5. The minimum absolute atomic E-state index is 0.136. The molecule has 0 atom stereocenters. The molecule has 1 amide bonds. The monoisotopic (exact) mass is 215 g/mol. The highest BCUT2D eigenvalue weighted by Crippen LogP contribution is 2.21. The Kier molecular flexibility index (Phi) is 3.99. The highest BCUT2D eigenvalue weighted by Gasteiger charge is 1.98. The van der Waals surface area contributed by atoms with Crippen LogP contribution in [0, 0.1) is 0 Å². The molecule has 0 bridgehead atoms. The van der Waals surface area contributed by atoms with Crippen LogP contribution in [0.25, 0.3) is 0 Å². The fourth-order valence-electron chi connectivity index (χ4n) is 0.867. The van der Waals surface area contributed by atoms with Crippen LogP contribution < -0.4 is 5.32 Å². The van der Waals surface area contributed by atoms with Gasteiger partial charge in [-0.3, -0.25) is 4.79 Å². The van der Waals surface area contributed by atoms with Crippen molar-refractivity contribution in [3.05, 3.63) is 34.0 Å². The molecule has 1 heterocycles. The van der Waals surface area contributed by atoms with Crippen LogP contribution in [0.2, 0.25) is 4.34 Å². The van der Waals surface area contributed by atoms with E-state index >= 15 is 0 Å². The number of hydrogen-bond donors (Lipinski definition) is 1. The summed E-state index contributed by atoms with van der Waals surface area (Å²) in [7, 11) is 0. The second kappa shape index (κ2) is 5.04. The molecular weight excluding hydrogens is 206 g/mol. The molecule has 0 unspecified atom stereocenters. The maximum absolute atomic E-state index is 10.8. The fraction of sp³-hybridized carbons (Fsp3) is 0.222. The van der Waals surface area contributed by atoms with Gasteiger partial charge in [-0.2, -0.15) is 0 Å². The van der Waals surface area contributed by atoms with Gasteiger partial charge in [0.25, 0.3) is 0 Å². The van der Waals surface area contributed by atoms with E-state index in [2.05, 4.69) is 11.9 Å². The Labute approximate surface area is 86.2 Å². The van der Waals surface area contributed by atoms with E-state index in [0.717, 1.165) is 10.8 Å². The molecular formula is C9H10ClNOS. The van der Waals surface area contributed by atoms with Gasteiger partial charge in [-0.15, -0.1) is 11.3 Å². The molecule has 0 fully saturated rings. The number of amides is 1. The van der Waals surface area contributed by atoms with E-state index in [9.17, 15) is 4.79 Å². The smallest absolute Gasteiger partial charge is 0.243 e. The summed E-state index contributed by atoms with van der Waals surface area (Å²) >= 11 is 7.28. The van der Waals surface area contributed by atoms with Crippen molar-refractivity contribution in [1.82, 2.24) is 5.32 Å². The van der Waals surface area contributed by atoms with Crippen molar-refractivity contribution in [2.24, 2.45) is 0 Å². The zero-order valence-electron chi connectivity index (χ0n) is 7.05. The zero-order valence-corrected chi connectivity index (χ0v) is 8.62. The van der Waals surface area contributed by atoms with Gasteiger partial charge in [-0.1, -0.05) is 18.2 Å². The maximum Gasteiger partial charge on any atom is 0.243 e. The number of rotatable bonds is 4. The Hall–Kier alpha value is -0.800. The average Bonchev–Trinajstić information content (AvgIpc) is 2.51. The minimum Gasteiger partial charge on any atom is -0.352 e. The summed E-state index contributed by atoms with van der Waals surface area (Å²) in [6.07, 6.45) is 2.08. The van der Waals surface area contributed by atoms with Gasteiger partial charge in [0.2, 0.25) is 5.91 Å². The van der Waals surface area contributed by atoms with Crippen LogP contribution in [0.1, 0.15) is 4.88 Å². The van der Waals surface area contributed by atoms with E-state index in [4.69, 9.17) is 11.6 Å². The molecule has 0 aliphatic heterocycles. The topological polar surface area (TPSA) is 29.1 Å². The average molecular weight is 216 g/mol. The molecule has 1 rings (SSSR count). The van der Waals surface area contributed by atoms with Gasteiger partial charge in [-0.25, -0.2) is 0 Å². The second-order valence-electron chi connectivity index (χ2n) is 2.45. The second-order valence-corrected chi connectivity index (χ2v) is 4.25. The Bertz CT molecular complexity index is 308. The first-order chi connectivity index (χ1) is 6.22. The highest BCUT2D eigenvalue weighted by molar-refractivity contribution is 7.16. The van der Waals surface area contributed by atoms with E-state index in [-0.39, 0.29) is 5.91 Å². The molecule has 0 aromatic carbocycles. The number of nitrogens with one attached hydrogen (secondary N) is 1. The molecule has 2 nitrogen and oxygen atoms in total. The number of hydrogen-bond acceptors (Lipinski definition) is 2. The number of halogens is 1. The van der Waals surface area contributed by atoms with E-state index in [1.54, 1.807) is 0 Å². The molecule has 0 saturated heterocycles. The summed E-state index contributed by atoms with van der Waals surface area (Å²) < 4.78 is 0.782. The van der Waals surface area contributed by atoms with Gasteiger partial charge in [0, 0.05) is 11.4 Å². The normalized spacial score (nSPS) is 9.62. The standard InChI is InChI=1S/C9H10ClNOS/c1-2-9(12)11-6-5-7-3-4-8(10)13-7/h2-4H,1,5-6H2,(H,11,12). The van der Waals surface area contributed by atoms with E-state index in [0.29, 0.717) is 6.54 Å². The van der Waals surface area contributed by atoms with Gasteiger partial charge >= 0.3 is 0 Å². The minimum atomic E-state index is -0.136. The third-order valence-electron chi connectivity index (χ3n) is 1.48. The van der Waals surface area contributed by atoms with Crippen LogP contribution in [-0.2, 0) is 11.2 Å². The molecule has 1 aromatic heterocycles. The van der Waals surface area contributed by atoms with Crippen molar-refractivity contribution < 1.29 is 4.79 Å². The first-order valence-corrected chi connectivity index (χ1v) is 5.06. The van der Waals surface area contributed by atoms with Crippen LogP contribution in [-0.4, -0.2) is 12.5 Å². The maximum atomic E-state index is 10.8. The Balaban J connectivity index is 2.27. The summed E-state index contributed by atoms with van der Waals surface area (Å²) in [5, 5.41) is 2.70. The molecule has 0 aliphatic rings. The van der Waals surface area contributed by atoms with E-state index in [1.807, 2.05) is 12.1 Å². The van der Waals surface area contributed by atoms with Gasteiger partial charge in [-0.05, 0) is 24.6 Å². The van der Waals surface area contributed by atoms with Crippen LogP contribution in [0.15, 0.2) is 24.8 Å². The summed E-state index contributed by atoms with van der Waals surface area (Å²) in [5.74, 6) is -0.136. The Morgan fingerprint density at radius 3 is 3.00 bits per heavy atom. The molecule has 0 radical (unpaired) electrons. The lowest BCUT2D eigenvalue weighted by Crippen LogP contribution is -2.22. The summed E-state index contributed by atoms with van der Waals surface area (Å²) in [5.41, 5.74) is 0. The SMILES string of the molecule is C=CC(=O)NCCc1ccc(Cl)s1. The molecule has 0 aliphatic carbocycles. The molecule has 13 heavy (non-hydrogen) atoms.